The molecule has 0 radical (unpaired) electrons. The summed E-state index contributed by atoms with van der Waals surface area (Å²) < 4.78 is 5.25. The maximum Gasteiger partial charge on any atom is 0.122 e. The number of pyridine rings is 1. The topological polar surface area (TPSA) is 42.4 Å². The van der Waals surface area contributed by atoms with Crippen LogP contribution in [0.1, 0.15) is 17.4 Å². The van der Waals surface area contributed by atoms with Gasteiger partial charge in [0.05, 0.1) is 12.8 Å². The van der Waals surface area contributed by atoms with Gasteiger partial charge in [-0.25, -0.2) is 0 Å². The van der Waals surface area contributed by atoms with Crippen LogP contribution >= 0.6 is 11.6 Å². The van der Waals surface area contributed by atoms with E-state index in [2.05, 4.69) is 4.98 Å². The minimum Gasteiger partial charge on any atom is -0.496 e. The highest BCUT2D eigenvalue weighted by atomic mass is 35.5. The van der Waals surface area contributed by atoms with Gasteiger partial charge in [-0.05, 0) is 35.9 Å². The van der Waals surface area contributed by atoms with E-state index < -0.39 is 6.10 Å². The molecule has 0 aliphatic carbocycles. The Balaban J connectivity index is 2.21. The van der Waals surface area contributed by atoms with Gasteiger partial charge in [-0.15, -0.1) is 0 Å². The third kappa shape index (κ3) is 3.00. The first-order valence-electron chi connectivity index (χ1n) is 5.62. The van der Waals surface area contributed by atoms with Gasteiger partial charge in [0.2, 0.25) is 0 Å². The molecule has 0 bridgehead atoms. The summed E-state index contributed by atoms with van der Waals surface area (Å²) in [5.41, 5.74) is 1.50. The normalized spacial score (nSPS) is 12.2. The first-order chi connectivity index (χ1) is 8.70. The number of aromatic nitrogens is 1. The van der Waals surface area contributed by atoms with E-state index in [0.717, 1.165) is 11.3 Å². The van der Waals surface area contributed by atoms with E-state index in [0.29, 0.717) is 17.1 Å². The highest BCUT2D eigenvalue weighted by Crippen LogP contribution is 2.27. The van der Waals surface area contributed by atoms with Gasteiger partial charge in [0.15, 0.2) is 0 Å². The van der Waals surface area contributed by atoms with E-state index in [1.54, 1.807) is 37.6 Å². The largest absolute Gasteiger partial charge is 0.496 e. The van der Waals surface area contributed by atoms with E-state index in [-0.39, 0.29) is 0 Å². The Morgan fingerprint density at radius 1 is 1.33 bits per heavy atom. The molecule has 2 rings (SSSR count). The molecule has 18 heavy (non-hydrogen) atoms. The fourth-order valence-electron chi connectivity index (χ4n) is 1.79. The molecule has 4 heteroatoms. The Labute approximate surface area is 111 Å². The standard InChI is InChI=1S/C14H14ClNO2/c1-18-14-6-5-11(15)8-10(14)9-13(17)12-4-2-3-7-16-12/h2-8,13,17H,9H2,1H3. The van der Waals surface area contributed by atoms with Crippen LogP contribution in [0.2, 0.25) is 5.02 Å². The summed E-state index contributed by atoms with van der Waals surface area (Å²) in [4.78, 5) is 4.13. The van der Waals surface area contributed by atoms with Crippen LogP contribution in [-0.4, -0.2) is 17.2 Å². The van der Waals surface area contributed by atoms with Gasteiger partial charge in [0.25, 0.3) is 0 Å². The van der Waals surface area contributed by atoms with Crippen LogP contribution < -0.4 is 4.74 Å². The second-order valence-electron chi connectivity index (χ2n) is 3.93. The van der Waals surface area contributed by atoms with Gasteiger partial charge in [0.1, 0.15) is 11.9 Å². The molecule has 1 N–H and O–H groups in total. The number of methoxy groups -OCH3 is 1. The fourth-order valence-corrected chi connectivity index (χ4v) is 1.99. The SMILES string of the molecule is COc1ccc(Cl)cc1CC(O)c1ccccn1. The number of nitrogens with zero attached hydrogens (tertiary/aromatic N) is 1. The maximum absolute atomic E-state index is 10.1. The Morgan fingerprint density at radius 2 is 2.17 bits per heavy atom. The summed E-state index contributed by atoms with van der Waals surface area (Å²) in [5, 5.41) is 10.7. The minimum absolute atomic E-state index is 0.417. The first kappa shape index (κ1) is 12.9. The number of aliphatic hydroxyl groups excluding tert-OH is 1. The highest BCUT2D eigenvalue weighted by molar-refractivity contribution is 6.30. The van der Waals surface area contributed by atoms with Crippen molar-refractivity contribution in [3.63, 3.8) is 0 Å². The van der Waals surface area contributed by atoms with Crippen LogP contribution in [-0.2, 0) is 6.42 Å². The van der Waals surface area contributed by atoms with Gasteiger partial charge in [-0.1, -0.05) is 17.7 Å². The fraction of sp³-hybridized carbons (Fsp3) is 0.214. The Bertz CT molecular complexity index is 516. The number of rotatable bonds is 4. The summed E-state index contributed by atoms with van der Waals surface area (Å²) in [5.74, 6) is 0.717. The van der Waals surface area contributed by atoms with Crippen molar-refractivity contribution < 1.29 is 9.84 Å². The quantitative estimate of drug-likeness (QED) is 0.922. The summed E-state index contributed by atoms with van der Waals surface area (Å²) in [6.07, 6.45) is 1.41. The zero-order chi connectivity index (χ0) is 13.0. The summed E-state index contributed by atoms with van der Waals surface area (Å²) in [6.45, 7) is 0. The molecule has 0 fully saturated rings. The zero-order valence-corrected chi connectivity index (χ0v) is 10.8. The molecule has 1 aromatic carbocycles. The van der Waals surface area contributed by atoms with Gasteiger partial charge in [-0.3, -0.25) is 4.98 Å². The summed E-state index contributed by atoms with van der Waals surface area (Å²) >= 11 is 5.95. The molecule has 0 saturated heterocycles. The minimum atomic E-state index is -0.668. The van der Waals surface area contributed by atoms with E-state index in [1.165, 1.54) is 0 Å². The van der Waals surface area contributed by atoms with Crippen LogP contribution in [0.4, 0.5) is 0 Å². The van der Waals surface area contributed by atoms with Crippen molar-refractivity contribution in [3.05, 3.63) is 58.9 Å². The van der Waals surface area contributed by atoms with Gasteiger partial charge in [-0.2, -0.15) is 0 Å². The van der Waals surface area contributed by atoms with Crippen LogP contribution in [0.5, 0.6) is 5.75 Å². The van der Waals surface area contributed by atoms with Crippen molar-refractivity contribution in [1.82, 2.24) is 4.98 Å². The molecule has 0 spiro atoms. The predicted molar refractivity (Wildman–Crippen MR) is 70.9 cm³/mol. The smallest absolute Gasteiger partial charge is 0.122 e. The first-order valence-corrected chi connectivity index (χ1v) is 6.00. The van der Waals surface area contributed by atoms with Crippen LogP contribution in [0.25, 0.3) is 0 Å². The second-order valence-corrected chi connectivity index (χ2v) is 4.37. The van der Waals surface area contributed by atoms with Crippen molar-refractivity contribution in [1.29, 1.82) is 0 Å². The van der Waals surface area contributed by atoms with E-state index in [9.17, 15) is 5.11 Å². The summed E-state index contributed by atoms with van der Waals surface area (Å²) in [7, 11) is 1.60. The number of aliphatic hydroxyl groups is 1. The third-order valence-corrected chi connectivity index (χ3v) is 2.92. The van der Waals surface area contributed by atoms with Gasteiger partial charge in [0, 0.05) is 17.6 Å². The van der Waals surface area contributed by atoms with Crippen molar-refractivity contribution in [3.8, 4) is 5.75 Å². The monoisotopic (exact) mass is 263 g/mol. The Hall–Kier alpha value is -1.58. The van der Waals surface area contributed by atoms with E-state index in [4.69, 9.17) is 16.3 Å². The lowest BCUT2D eigenvalue weighted by molar-refractivity contribution is 0.172. The predicted octanol–water partition coefficient (Wildman–Crippen LogP) is 3.02. The number of hydrogen-bond donors (Lipinski definition) is 1. The van der Waals surface area contributed by atoms with E-state index >= 15 is 0 Å². The lowest BCUT2D eigenvalue weighted by Gasteiger charge is -2.13. The zero-order valence-electron chi connectivity index (χ0n) is 10.0. The molecule has 3 nitrogen and oxygen atoms in total. The second kappa shape index (κ2) is 5.85. The molecule has 0 amide bonds. The van der Waals surface area contributed by atoms with Gasteiger partial charge >= 0.3 is 0 Å². The number of benzene rings is 1. The molecule has 1 unspecified atom stereocenters. The molecule has 0 saturated carbocycles. The van der Waals surface area contributed by atoms with Crippen molar-refractivity contribution in [2.75, 3.05) is 7.11 Å². The number of ether oxygens (including phenoxy) is 1. The molecule has 1 aromatic heterocycles. The Kier molecular flexibility index (Phi) is 4.18. The van der Waals surface area contributed by atoms with Crippen LogP contribution in [0, 0.1) is 0 Å². The molecule has 1 heterocycles. The average Bonchev–Trinajstić information content (AvgIpc) is 2.40. The molecule has 2 aromatic rings. The average molecular weight is 264 g/mol. The highest BCUT2D eigenvalue weighted by Gasteiger charge is 2.13. The number of hydrogen-bond acceptors (Lipinski definition) is 3. The van der Waals surface area contributed by atoms with Crippen molar-refractivity contribution in [2.24, 2.45) is 0 Å². The summed E-state index contributed by atoms with van der Waals surface area (Å²) in [6, 6.07) is 10.8. The van der Waals surface area contributed by atoms with Crippen LogP contribution in [0.3, 0.4) is 0 Å². The van der Waals surface area contributed by atoms with Crippen molar-refractivity contribution in [2.45, 2.75) is 12.5 Å². The molecule has 1 atom stereocenters. The molecule has 0 aliphatic rings. The Morgan fingerprint density at radius 3 is 2.83 bits per heavy atom. The molecule has 0 aliphatic heterocycles. The van der Waals surface area contributed by atoms with Crippen LogP contribution in [0.15, 0.2) is 42.6 Å². The molecular weight excluding hydrogens is 250 g/mol. The number of halogens is 1. The lowest BCUT2D eigenvalue weighted by atomic mass is 10.0. The molecular formula is C14H14ClNO2. The maximum atomic E-state index is 10.1. The van der Waals surface area contributed by atoms with Crippen molar-refractivity contribution >= 4 is 11.6 Å². The molecule has 94 valence electrons. The van der Waals surface area contributed by atoms with E-state index in [1.807, 2.05) is 12.1 Å². The van der Waals surface area contributed by atoms with Gasteiger partial charge < -0.3 is 9.84 Å². The third-order valence-electron chi connectivity index (χ3n) is 2.68. The lowest BCUT2D eigenvalue weighted by Crippen LogP contribution is -2.05.